The second-order valence-electron chi connectivity index (χ2n) is 9.96. The average Bonchev–Trinajstić information content (AvgIpc) is 3.03. The van der Waals surface area contributed by atoms with Gasteiger partial charge in [0.15, 0.2) is 0 Å². The lowest BCUT2D eigenvalue weighted by atomic mass is 10.0. The highest BCUT2D eigenvalue weighted by atomic mass is 32.2. The van der Waals surface area contributed by atoms with E-state index < -0.39 is 40.2 Å². The number of hydrogen-bond donors (Lipinski definition) is 1. The molecule has 44 heavy (non-hydrogen) atoms. The van der Waals surface area contributed by atoms with E-state index in [-0.39, 0.29) is 29.1 Å². The summed E-state index contributed by atoms with van der Waals surface area (Å²) in [7, 11) is -4.25. The molecule has 230 valence electrons. The normalized spacial score (nSPS) is 11.8. The molecule has 4 aromatic rings. The van der Waals surface area contributed by atoms with Gasteiger partial charge >= 0.3 is 0 Å². The molecule has 1 atom stereocenters. The van der Waals surface area contributed by atoms with Crippen molar-refractivity contribution >= 4 is 27.5 Å². The fourth-order valence-corrected chi connectivity index (χ4v) is 6.20. The molecule has 0 bridgehead atoms. The summed E-state index contributed by atoms with van der Waals surface area (Å²) in [5, 5.41) is 2.79. The number of benzene rings is 4. The second-order valence-corrected chi connectivity index (χ2v) is 11.8. The molecule has 4 rings (SSSR count). The zero-order valence-corrected chi connectivity index (χ0v) is 25.5. The van der Waals surface area contributed by atoms with Crippen molar-refractivity contribution in [3.05, 3.63) is 126 Å². The Morgan fingerprint density at radius 1 is 0.841 bits per heavy atom. The number of rotatable bonds is 14. The fourth-order valence-electron chi connectivity index (χ4n) is 4.78. The van der Waals surface area contributed by atoms with Crippen LogP contribution in [-0.2, 0) is 32.6 Å². The molecule has 0 aliphatic heterocycles. The van der Waals surface area contributed by atoms with Crippen LogP contribution in [0, 0.1) is 5.82 Å². The van der Waals surface area contributed by atoms with E-state index in [1.165, 1.54) is 29.2 Å². The van der Waals surface area contributed by atoms with Crippen LogP contribution in [0.25, 0.3) is 0 Å². The molecule has 8 nitrogen and oxygen atoms in total. The predicted octanol–water partition coefficient (Wildman–Crippen LogP) is 5.20. The SMILES string of the molecule is CCNC(=O)[C@@H](Cc1ccccc1)N(Cc1ccccc1F)C(=O)CN(c1ccccc1)S(=O)(=O)c1ccc(OCC)cc1. The molecule has 0 heterocycles. The number of amides is 2. The highest BCUT2D eigenvalue weighted by molar-refractivity contribution is 7.92. The first-order chi connectivity index (χ1) is 21.2. The summed E-state index contributed by atoms with van der Waals surface area (Å²) in [6.45, 7) is 3.45. The molecular weight excluding hydrogens is 581 g/mol. The molecule has 0 fully saturated rings. The molecule has 0 aliphatic carbocycles. The van der Waals surface area contributed by atoms with Gasteiger partial charge in [0.1, 0.15) is 24.2 Å². The molecule has 0 saturated heterocycles. The number of sulfonamides is 1. The van der Waals surface area contributed by atoms with E-state index in [0.717, 1.165) is 9.87 Å². The number of halogens is 1. The summed E-state index contributed by atoms with van der Waals surface area (Å²) in [5.74, 6) is -1.13. The third kappa shape index (κ3) is 8.02. The van der Waals surface area contributed by atoms with E-state index >= 15 is 0 Å². The van der Waals surface area contributed by atoms with Gasteiger partial charge in [-0.15, -0.1) is 0 Å². The molecule has 10 heteroatoms. The molecular formula is C34H36FN3O5S. The summed E-state index contributed by atoms with van der Waals surface area (Å²) >= 11 is 0. The highest BCUT2D eigenvalue weighted by Gasteiger charge is 2.34. The Morgan fingerprint density at radius 2 is 1.45 bits per heavy atom. The molecule has 4 aromatic carbocycles. The number of nitrogens with one attached hydrogen (secondary N) is 1. The zero-order chi connectivity index (χ0) is 31.5. The van der Waals surface area contributed by atoms with Crippen molar-refractivity contribution in [1.82, 2.24) is 10.2 Å². The second kappa shape index (κ2) is 15.2. The molecule has 0 saturated carbocycles. The highest BCUT2D eigenvalue weighted by Crippen LogP contribution is 2.26. The van der Waals surface area contributed by atoms with Crippen LogP contribution in [0.1, 0.15) is 25.0 Å². The lowest BCUT2D eigenvalue weighted by molar-refractivity contribution is -0.140. The van der Waals surface area contributed by atoms with Crippen LogP contribution in [0.2, 0.25) is 0 Å². The summed E-state index contributed by atoms with van der Waals surface area (Å²) in [6, 6.07) is 28.3. The van der Waals surface area contributed by atoms with Gasteiger partial charge in [0.2, 0.25) is 11.8 Å². The first-order valence-electron chi connectivity index (χ1n) is 14.4. The molecule has 1 N–H and O–H groups in total. The summed E-state index contributed by atoms with van der Waals surface area (Å²) in [6.07, 6.45) is 0.143. The maximum atomic E-state index is 14.9. The number of nitrogens with zero attached hydrogens (tertiary/aromatic N) is 2. The van der Waals surface area contributed by atoms with E-state index in [1.54, 1.807) is 61.5 Å². The molecule has 0 spiro atoms. The van der Waals surface area contributed by atoms with Crippen LogP contribution in [-0.4, -0.2) is 50.9 Å². The van der Waals surface area contributed by atoms with Crippen molar-refractivity contribution in [3.63, 3.8) is 0 Å². The van der Waals surface area contributed by atoms with E-state index in [1.807, 2.05) is 37.3 Å². The maximum Gasteiger partial charge on any atom is 0.264 e. The molecule has 0 unspecified atom stereocenters. The third-order valence-electron chi connectivity index (χ3n) is 6.97. The number of likely N-dealkylation sites (N-methyl/N-ethyl adjacent to an activating group) is 1. The quantitative estimate of drug-likeness (QED) is 0.210. The number of carbonyl (C=O) groups excluding carboxylic acids is 2. The van der Waals surface area contributed by atoms with Crippen LogP contribution in [0.15, 0.2) is 114 Å². The Morgan fingerprint density at radius 3 is 2.07 bits per heavy atom. The van der Waals surface area contributed by atoms with Crippen LogP contribution >= 0.6 is 0 Å². The Bertz CT molecular complexity index is 1630. The zero-order valence-electron chi connectivity index (χ0n) is 24.7. The monoisotopic (exact) mass is 617 g/mol. The molecule has 0 aliphatic rings. The van der Waals surface area contributed by atoms with E-state index in [0.29, 0.717) is 18.9 Å². The third-order valence-corrected chi connectivity index (χ3v) is 8.75. The van der Waals surface area contributed by atoms with Crippen molar-refractivity contribution in [3.8, 4) is 5.75 Å². The van der Waals surface area contributed by atoms with Gasteiger partial charge in [-0.05, 0) is 61.9 Å². The number of carbonyl (C=O) groups is 2. The van der Waals surface area contributed by atoms with E-state index in [9.17, 15) is 22.4 Å². The lowest BCUT2D eigenvalue weighted by Crippen LogP contribution is -2.53. The van der Waals surface area contributed by atoms with Crippen LogP contribution in [0.3, 0.4) is 0 Å². The van der Waals surface area contributed by atoms with Gasteiger partial charge in [-0.25, -0.2) is 12.8 Å². The Balaban J connectivity index is 1.77. The van der Waals surface area contributed by atoms with Gasteiger partial charge in [-0.1, -0.05) is 66.7 Å². The van der Waals surface area contributed by atoms with Gasteiger partial charge < -0.3 is 15.0 Å². The molecule has 0 aromatic heterocycles. The van der Waals surface area contributed by atoms with Crippen LogP contribution in [0.5, 0.6) is 5.75 Å². The van der Waals surface area contributed by atoms with Crippen molar-refractivity contribution in [2.75, 3.05) is 24.0 Å². The van der Waals surface area contributed by atoms with Gasteiger partial charge in [-0.2, -0.15) is 0 Å². The number of para-hydroxylation sites is 1. The lowest BCUT2D eigenvalue weighted by Gasteiger charge is -2.34. The fraction of sp³-hybridized carbons (Fsp3) is 0.235. The Hall–Kier alpha value is -4.70. The van der Waals surface area contributed by atoms with Crippen molar-refractivity contribution in [2.45, 2.75) is 37.8 Å². The maximum absolute atomic E-state index is 14.9. The van der Waals surface area contributed by atoms with E-state index in [2.05, 4.69) is 5.32 Å². The Kier molecular flexibility index (Phi) is 11.1. The summed E-state index contributed by atoms with van der Waals surface area (Å²) in [4.78, 5) is 29.0. The predicted molar refractivity (Wildman–Crippen MR) is 168 cm³/mol. The number of ether oxygens (including phenoxy) is 1. The van der Waals surface area contributed by atoms with Crippen LogP contribution < -0.4 is 14.4 Å². The van der Waals surface area contributed by atoms with Crippen molar-refractivity contribution in [2.24, 2.45) is 0 Å². The average molecular weight is 618 g/mol. The smallest absolute Gasteiger partial charge is 0.264 e. The standard InChI is InChI=1S/C34H36FN3O5S/c1-3-36-34(40)32(23-26-13-7-5-8-14-26)37(24-27-15-11-12-18-31(27)35)33(39)25-38(28-16-9-6-10-17-28)44(41,42)30-21-19-29(20-22-30)43-4-2/h5-22,32H,3-4,23-25H2,1-2H3,(H,36,40)/t32-/m1/s1. The molecule has 0 radical (unpaired) electrons. The minimum absolute atomic E-state index is 0.0391. The van der Waals surface area contributed by atoms with Gasteiger partial charge in [-0.3, -0.25) is 13.9 Å². The minimum atomic E-state index is -4.25. The Labute approximate surface area is 258 Å². The van der Waals surface area contributed by atoms with Gasteiger partial charge in [0.05, 0.1) is 17.2 Å². The number of hydrogen-bond acceptors (Lipinski definition) is 5. The van der Waals surface area contributed by atoms with Crippen molar-refractivity contribution < 1.29 is 27.1 Å². The van der Waals surface area contributed by atoms with E-state index in [4.69, 9.17) is 4.74 Å². The topological polar surface area (TPSA) is 96.0 Å². The summed E-state index contributed by atoms with van der Waals surface area (Å²) < 4.78 is 49.5. The first-order valence-corrected chi connectivity index (χ1v) is 15.8. The van der Waals surface area contributed by atoms with Gasteiger partial charge in [0.25, 0.3) is 10.0 Å². The first kappa shape index (κ1) is 32.2. The van der Waals surface area contributed by atoms with Gasteiger partial charge in [0, 0.05) is 25.1 Å². The minimum Gasteiger partial charge on any atom is -0.494 e. The van der Waals surface area contributed by atoms with Crippen molar-refractivity contribution in [1.29, 1.82) is 0 Å². The summed E-state index contributed by atoms with van der Waals surface area (Å²) in [5.41, 5.74) is 1.25. The number of anilines is 1. The van der Waals surface area contributed by atoms with Crippen LogP contribution in [0.4, 0.5) is 10.1 Å². The largest absolute Gasteiger partial charge is 0.494 e. The molecule has 2 amide bonds.